The minimum atomic E-state index is 0.133. The van der Waals surface area contributed by atoms with Gasteiger partial charge in [-0.25, -0.2) is 0 Å². The van der Waals surface area contributed by atoms with Gasteiger partial charge < -0.3 is 0 Å². The maximum Gasteiger partial charge on any atom is 0.194 e. The Kier molecular flexibility index (Phi) is 2.05. The molecule has 0 aliphatic heterocycles. The summed E-state index contributed by atoms with van der Waals surface area (Å²) in [6.45, 7) is 0. The lowest BCUT2D eigenvalue weighted by molar-refractivity contribution is 0.104. The first-order valence-electron chi connectivity index (χ1n) is 5.62. The average molecular weight is 315 g/mol. The van der Waals surface area contributed by atoms with Crippen LogP contribution >= 0.6 is 27.3 Å². The summed E-state index contributed by atoms with van der Waals surface area (Å²) in [6.07, 6.45) is 0. The zero-order chi connectivity index (χ0) is 12.3. The summed E-state index contributed by atoms with van der Waals surface area (Å²) in [5.74, 6) is 0.133. The first-order chi connectivity index (χ1) is 8.77. The van der Waals surface area contributed by atoms with Crippen LogP contribution in [0, 0.1) is 0 Å². The third-order valence-corrected chi connectivity index (χ3v) is 5.18. The van der Waals surface area contributed by atoms with Gasteiger partial charge in [0.2, 0.25) is 0 Å². The summed E-state index contributed by atoms with van der Waals surface area (Å²) in [5, 5.41) is 1.10. The summed E-state index contributed by atoms with van der Waals surface area (Å²) >= 11 is 5.32. The van der Waals surface area contributed by atoms with Crippen LogP contribution in [0.15, 0.2) is 46.3 Å². The van der Waals surface area contributed by atoms with Crippen molar-refractivity contribution in [2.24, 2.45) is 0 Å². The summed E-state index contributed by atoms with van der Waals surface area (Å²) in [6, 6.07) is 13.8. The minimum Gasteiger partial charge on any atom is -0.289 e. The fourth-order valence-electron chi connectivity index (χ4n) is 2.59. The second kappa shape index (κ2) is 3.53. The molecule has 0 saturated carbocycles. The monoisotopic (exact) mass is 314 g/mol. The maximum absolute atomic E-state index is 12.5. The highest BCUT2D eigenvalue weighted by molar-refractivity contribution is 9.11. The molecule has 3 heteroatoms. The van der Waals surface area contributed by atoms with E-state index in [2.05, 4.69) is 22.0 Å². The molecule has 0 N–H and O–H groups in total. The molecule has 86 valence electrons. The Hall–Kier alpha value is -1.45. The van der Waals surface area contributed by atoms with Crippen molar-refractivity contribution in [3.05, 3.63) is 57.4 Å². The van der Waals surface area contributed by atoms with E-state index in [0.29, 0.717) is 0 Å². The Morgan fingerprint density at radius 3 is 2.44 bits per heavy atom. The molecule has 0 saturated heterocycles. The van der Waals surface area contributed by atoms with Crippen LogP contribution in [-0.4, -0.2) is 5.78 Å². The van der Waals surface area contributed by atoms with Gasteiger partial charge in [0.15, 0.2) is 5.78 Å². The topological polar surface area (TPSA) is 17.1 Å². The summed E-state index contributed by atoms with van der Waals surface area (Å²) in [5.41, 5.74) is 3.83. The Bertz CT molecular complexity index is 816. The Morgan fingerprint density at radius 1 is 0.889 bits per heavy atom. The highest BCUT2D eigenvalue weighted by Crippen LogP contribution is 2.47. The number of hydrogen-bond donors (Lipinski definition) is 0. The number of carbonyl (C=O) groups excluding carboxylic acids is 1. The lowest BCUT2D eigenvalue weighted by Crippen LogP contribution is -2.08. The van der Waals surface area contributed by atoms with E-state index in [1.807, 2.05) is 36.4 Å². The maximum atomic E-state index is 12.5. The summed E-state index contributed by atoms with van der Waals surface area (Å²) < 4.78 is 2.27. The number of halogens is 1. The quantitative estimate of drug-likeness (QED) is 0.452. The number of fused-ring (bicyclic) bond motifs is 2. The van der Waals surface area contributed by atoms with E-state index in [1.54, 1.807) is 11.3 Å². The second-order valence-electron chi connectivity index (χ2n) is 4.30. The smallest absolute Gasteiger partial charge is 0.194 e. The predicted octanol–water partition coefficient (Wildman–Crippen LogP) is 4.88. The van der Waals surface area contributed by atoms with Gasteiger partial charge in [-0.15, -0.1) is 11.3 Å². The molecule has 3 aromatic rings. The van der Waals surface area contributed by atoms with E-state index in [9.17, 15) is 4.79 Å². The van der Waals surface area contributed by atoms with Crippen LogP contribution in [0.1, 0.15) is 15.9 Å². The third-order valence-electron chi connectivity index (χ3n) is 3.36. The number of rotatable bonds is 0. The Balaban J connectivity index is 2.30. The van der Waals surface area contributed by atoms with Crippen molar-refractivity contribution >= 4 is 43.1 Å². The molecular weight excluding hydrogens is 308 g/mol. The van der Waals surface area contributed by atoms with Gasteiger partial charge in [-0.2, -0.15) is 0 Å². The lowest BCUT2D eigenvalue weighted by Gasteiger charge is -2.16. The number of ketones is 1. The van der Waals surface area contributed by atoms with Crippen LogP contribution in [0.25, 0.3) is 21.2 Å². The Morgan fingerprint density at radius 2 is 1.61 bits per heavy atom. The summed E-state index contributed by atoms with van der Waals surface area (Å²) in [7, 11) is 0. The molecule has 1 heterocycles. The van der Waals surface area contributed by atoms with E-state index in [-0.39, 0.29) is 5.78 Å². The van der Waals surface area contributed by atoms with Crippen molar-refractivity contribution in [3.63, 3.8) is 0 Å². The molecule has 0 unspecified atom stereocenters. The van der Waals surface area contributed by atoms with Gasteiger partial charge in [-0.3, -0.25) is 4.79 Å². The van der Waals surface area contributed by atoms with E-state index < -0.39 is 0 Å². The highest BCUT2D eigenvalue weighted by atomic mass is 79.9. The van der Waals surface area contributed by atoms with Crippen molar-refractivity contribution in [2.75, 3.05) is 0 Å². The molecule has 4 rings (SSSR count). The van der Waals surface area contributed by atoms with Crippen molar-refractivity contribution in [1.82, 2.24) is 0 Å². The van der Waals surface area contributed by atoms with Crippen LogP contribution < -0.4 is 0 Å². The van der Waals surface area contributed by atoms with E-state index in [1.165, 1.54) is 5.56 Å². The molecule has 0 radical (unpaired) electrons. The molecule has 0 fully saturated rings. The van der Waals surface area contributed by atoms with Crippen molar-refractivity contribution in [3.8, 4) is 11.1 Å². The number of hydrogen-bond acceptors (Lipinski definition) is 2. The molecule has 1 nitrogen and oxygen atoms in total. The van der Waals surface area contributed by atoms with Gasteiger partial charge in [0.25, 0.3) is 0 Å². The molecule has 1 aliphatic rings. The minimum absolute atomic E-state index is 0.133. The normalized spacial score (nSPS) is 12.8. The number of thiophene rings is 1. The highest BCUT2D eigenvalue weighted by Gasteiger charge is 2.27. The number of benzene rings is 2. The largest absolute Gasteiger partial charge is 0.289 e. The van der Waals surface area contributed by atoms with Gasteiger partial charge in [-0.1, -0.05) is 36.4 Å². The van der Waals surface area contributed by atoms with Gasteiger partial charge >= 0.3 is 0 Å². The molecule has 0 amide bonds. The van der Waals surface area contributed by atoms with Gasteiger partial charge in [-0.05, 0) is 27.6 Å². The molecule has 0 spiro atoms. The second-order valence-corrected chi connectivity index (χ2v) is 6.67. The Labute approximate surface area is 116 Å². The predicted molar refractivity (Wildman–Crippen MR) is 78.4 cm³/mol. The lowest BCUT2D eigenvalue weighted by atomic mass is 9.86. The standard InChI is InChI=1S/C15H7BrOS/c16-15-13-8-4-1-2-5-9(8)14(17)10-6-3-7-11(18-15)12(10)13/h1-7H. The van der Waals surface area contributed by atoms with Crippen LogP contribution in [-0.2, 0) is 0 Å². The van der Waals surface area contributed by atoms with Gasteiger partial charge in [0, 0.05) is 26.8 Å². The molecule has 1 aliphatic carbocycles. The SMILES string of the molecule is O=C1c2ccccc2-c2c(Br)sc3cccc1c23. The van der Waals surface area contributed by atoms with E-state index in [0.717, 1.165) is 30.6 Å². The molecule has 2 aromatic carbocycles. The van der Waals surface area contributed by atoms with E-state index in [4.69, 9.17) is 0 Å². The molecule has 0 atom stereocenters. The van der Waals surface area contributed by atoms with E-state index >= 15 is 0 Å². The van der Waals surface area contributed by atoms with Gasteiger partial charge in [0.05, 0.1) is 3.79 Å². The fourth-order valence-corrected chi connectivity index (χ4v) is 4.50. The average Bonchev–Trinajstić information content (AvgIpc) is 2.73. The van der Waals surface area contributed by atoms with Gasteiger partial charge in [0.1, 0.15) is 0 Å². The van der Waals surface area contributed by atoms with Crippen molar-refractivity contribution in [2.45, 2.75) is 0 Å². The summed E-state index contributed by atoms with van der Waals surface area (Å²) in [4.78, 5) is 12.5. The molecular formula is C15H7BrOS. The van der Waals surface area contributed by atoms with Crippen LogP contribution in [0.2, 0.25) is 0 Å². The molecule has 18 heavy (non-hydrogen) atoms. The first-order valence-corrected chi connectivity index (χ1v) is 7.23. The van der Waals surface area contributed by atoms with Crippen molar-refractivity contribution < 1.29 is 4.79 Å². The van der Waals surface area contributed by atoms with Crippen LogP contribution in [0.5, 0.6) is 0 Å². The zero-order valence-corrected chi connectivity index (χ0v) is 11.6. The first kappa shape index (κ1) is 10.5. The third kappa shape index (κ3) is 1.18. The number of carbonyl (C=O) groups is 1. The fraction of sp³-hybridized carbons (Fsp3) is 0. The molecule has 1 aromatic heterocycles. The van der Waals surface area contributed by atoms with Crippen molar-refractivity contribution in [1.29, 1.82) is 0 Å². The van der Waals surface area contributed by atoms with Crippen LogP contribution in [0.4, 0.5) is 0 Å². The zero-order valence-electron chi connectivity index (χ0n) is 9.24. The van der Waals surface area contributed by atoms with Crippen LogP contribution in [0.3, 0.4) is 0 Å². The molecule has 0 bridgehead atoms.